The molecule has 2 atom stereocenters. The molecule has 0 radical (unpaired) electrons. The largest absolute Gasteiger partial charge is 0.497 e. The van der Waals surface area contributed by atoms with Gasteiger partial charge in [-0.2, -0.15) is 0 Å². The number of hydrogen-bond acceptors (Lipinski definition) is 4. The predicted molar refractivity (Wildman–Crippen MR) is 89.3 cm³/mol. The number of hydrogen-bond donors (Lipinski definition) is 1. The molecule has 6 heteroatoms. The van der Waals surface area contributed by atoms with Crippen LogP contribution in [0, 0.1) is 0 Å². The van der Waals surface area contributed by atoms with Gasteiger partial charge in [0.2, 0.25) is 0 Å². The average Bonchev–Trinajstić information content (AvgIpc) is 2.52. The van der Waals surface area contributed by atoms with Crippen LogP contribution >= 0.6 is 0 Å². The van der Waals surface area contributed by atoms with Gasteiger partial charge in [0.25, 0.3) is 0 Å². The van der Waals surface area contributed by atoms with E-state index in [4.69, 9.17) is 9.47 Å². The Labute approximate surface area is 142 Å². The van der Waals surface area contributed by atoms with Crippen molar-refractivity contribution < 1.29 is 24.2 Å². The molecular formula is C18H25NO5. The fraction of sp³-hybridized carbons (Fsp3) is 0.556. The van der Waals surface area contributed by atoms with E-state index in [1.165, 1.54) is 4.90 Å². The van der Waals surface area contributed by atoms with Gasteiger partial charge in [-0.25, -0.2) is 9.59 Å². The monoisotopic (exact) mass is 335 g/mol. The third-order valence-electron chi connectivity index (χ3n) is 4.03. The van der Waals surface area contributed by atoms with E-state index in [0.717, 1.165) is 12.0 Å². The van der Waals surface area contributed by atoms with Crippen molar-refractivity contribution in [2.75, 3.05) is 13.7 Å². The van der Waals surface area contributed by atoms with E-state index < -0.39 is 23.7 Å². The van der Waals surface area contributed by atoms with Crippen LogP contribution in [0.3, 0.4) is 0 Å². The summed E-state index contributed by atoms with van der Waals surface area (Å²) in [5.41, 5.74) is 0.193. The van der Waals surface area contributed by atoms with Gasteiger partial charge in [-0.05, 0) is 51.3 Å². The molecule has 0 saturated carbocycles. The van der Waals surface area contributed by atoms with E-state index in [-0.39, 0.29) is 5.92 Å². The van der Waals surface area contributed by atoms with Gasteiger partial charge >= 0.3 is 12.1 Å². The average molecular weight is 335 g/mol. The first-order chi connectivity index (χ1) is 11.2. The van der Waals surface area contributed by atoms with Crippen LogP contribution < -0.4 is 4.74 Å². The molecule has 1 aliphatic rings. The molecule has 2 rings (SSSR count). The lowest BCUT2D eigenvalue weighted by Crippen LogP contribution is -2.53. The van der Waals surface area contributed by atoms with Crippen molar-refractivity contribution in [2.24, 2.45) is 0 Å². The van der Waals surface area contributed by atoms with Gasteiger partial charge < -0.3 is 14.6 Å². The Kier molecular flexibility index (Phi) is 5.36. The van der Waals surface area contributed by atoms with Crippen molar-refractivity contribution in [3.8, 4) is 5.75 Å². The number of carboxylic acid groups (broad SMARTS) is 1. The van der Waals surface area contributed by atoms with Gasteiger partial charge in [-0.3, -0.25) is 4.90 Å². The quantitative estimate of drug-likeness (QED) is 0.917. The summed E-state index contributed by atoms with van der Waals surface area (Å²) in [6.07, 6.45) is 0.844. The Balaban J connectivity index is 2.31. The minimum absolute atomic E-state index is 0.293. The minimum atomic E-state index is -1.02. The van der Waals surface area contributed by atoms with E-state index >= 15 is 0 Å². The van der Waals surface area contributed by atoms with E-state index in [9.17, 15) is 14.7 Å². The van der Waals surface area contributed by atoms with Crippen LogP contribution in [0.1, 0.15) is 45.1 Å². The molecule has 1 amide bonds. The molecule has 0 aromatic heterocycles. The number of likely N-dealkylation sites (tertiary alicyclic amines) is 1. The predicted octanol–water partition coefficient (Wildman–Crippen LogP) is 3.26. The number of piperidine rings is 1. The van der Waals surface area contributed by atoms with Gasteiger partial charge in [0.1, 0.15) is 17.4 Å². The standard InChI is InChI=1S/C18H25NO5/c1-18(2,3)24-17(22)19-10-6-9-14(15(19)16(20)21)12-7-5-8-13(11-12)23-4/h5,7-8,11,14-15H,6,9-10H2,1-4H3,(H,20,21)/t14-,15-/m0/s1. The van der Waals surface area contributed by atoms with Gasteiger partial charge in [-0.15, -0.1) is 0 Å². The van der Waals surface area contributed by atoms with Crippen LogP contribution in [0.15, 0.2) is 24.3 Å². The summed E-state index contributed by atoms with van der Waals surface area (Å²) in [6, 6.07) is 6.41. The van der Waals surface area contributed by atoms with Gasteiger partial charge in [0.05, 0.1) is 7.11 Å². The highest BCUT2D eigenvalue weighted by Crippen LogP contribution is 2.35. The van der Waals surface area contributed by atoms with Gasteiger partial charge in [0.15, 0.2) is 0 Å². The third kappa shape index (κ3) is 4.19. The minimum Gasteiger partial charge on any atom is -0.497 e. The van der Waals surface area contributed by atoms with Crippen LogP contribution in [0.5, 0.6) is 5.75 Å². The molecule has 24 heavy (non-hydrogen) atoms. The van der Waals surface area contributed by atoms with Crippen molar-refractivity contribution in [3.05, 3.63) is 29.8 Å². The summed E-state index contributed by atoms with van der Waals surface area (Å²) < 4.78 is 10.6. The number of methoxy groups -OCH3 is 1. The first-order valence-electron chi connectivity index (χ1n) is 8.09. The van der Waals surface area contributed by atoms with E-state index in [1.807, 2.05) is 24.3 Å². The number of rotatable bonds is 3. The molecule has 0 spiro atoms. The highest BCUT2D eigenvalue weighted by molar-refractivity contribution is 5.81. The molecule has 6 nitrogen and oxygen atoms in total. The maximum atomic E-state index is 12.4. The number of amides is 1. The molecule has 0 bridgehead atoms. The van der Waals surface area contributed by atoms with Gasteiger partial charge in [0, 0.05) is 12.5 Å². The molecule has 1 heterocycles. The molecule has 1 aliphatic heterocycles. The second-order valence-corrected chi connectivity index (χ2v) is 6.98. The molecule has 1 aromatic rings. The van der Waals surface area contributed by atoms with Crippen LogP contribution in [-0.4, -0.2) is 47.4 Å². The zero-order valence-corrected chi connectivity index (χ0v) is 14.6. The first-order valence-corrected chi connectivity index (χ1v) is 8.09. The second-order valence-electron chi connectivity index (χ2n) is 6.98. The topological polar surface area (TPSA) is 76.1 Å². The van der Waals surface area contributed by atoms with Crippen LogP contribution in [0.4, 0.5) is 4.79 Å². The lowest BCUT2D eigenvalue weighted by Gasteiger charge is -2.39. The Bertz CT molecular complexity index is 608. The first kappa shape index (κ1) is 18.1. The van der Waals surface area contributed by atoms with Crippen LogP contribution in [0.2, 0.25) is 0 Å². The zero-order chi connectivity index (χ0) is 17.9. The number of nitrogens with zero attached hydrogens (tertiary/aromatic N) is 1. The smallest absolute Gasteiger partial charge is 0.411 e. The van der Waals surface area contributed by atoms with Crippen molar-refractivity contribution >= 4 is 12.1 Å². The summed E-state index contributed by atoms with van der Waals surface area (Å²) in [4.78, 5) is 25.7. The summed E-state index contributed by atoms with van der Waals surface area (Å²) in [7, 11) is 1.57. The SMILES string of the molecule is COc1cccc([C@@H]2CCCN(C(=O)OC(C)(C)C)[C@@H]2C(=O)O)c1. The van der Waals surface area contributed by atoms with Crippen LogP contribution in [-0.2, 0) is 9.53 Å². The number of carbonyl (C=O) groups is 2. The summed E-state index contributed by atoms with van der Waals surface area (Å²) in [5, 5.41) is 9.73. The molecule has 1 saturated heterocycles. The molecule has 0 aliphatic carbocycles. The highest BCUT2D eigenvalue weighted by atomic mass is 16.6. The fourth-order valence-electron chi connectivity index (χ4n) is 3.05. The molecule has 1 aromatic carbocycles. The Morgan fingerprint density at radius 1 is 1.29 bits per heavy atom. The van der Waals surface area contributed by atoms with Crippen molar-refractivity contribution in [1.82, 2.24) is 4.90 Å². The van der Waals surface area contributed by atoms with Crippen molar-refractivity contribution in [1.29, 1.82) is 0 Å². The zero-order valence-electron chi connectivity index (χ0n) is 14.6. The maximum absolute atomic E-state index is 12.4. The number of carboxylic acids is 1. The number of ether oxygens (including phenoxy) is 2. The fourth-order valence-corrected chi connectivity index (χ4v) is 3.05. The van der Waals surface area contributed by atoms with Crippen molar-refractivity contribution in [2.45, 2.75) is 51.2 Å². The van der Waals surface area contributed by atoms with Gasteiger partial charge in [-0.1, -0.05) is 12.1 Å². The molecule has 0 unspecified atom stereocenters. The van der Waals surface area contributed by atoms with E-state index in [0.29, 0.717) is 18.7 Å². The van der Waals surface area contributed by atoms with Crippen LogP contribution in [0.25, 0.3) is 0 Å². The summed E-state index contributed by atoms with van der Waals surface area (Å²) >= 11 is 0. The van der Waals surface area contributed by atoms with E-state index in [1.54, 1.807) is 27.9 Å². The Morgan fingerprint density at radius 2 is 2.00 bits per heavy atom. The Morgan fingerprint density at radius 3 is 2.58 bits per heavy atom. The Hall–Kier alpha value is -2.24. The second kappa shape index (κ2) is 7.11. The summed E-state index contributed by atoms with van der Waals surface area (Å²) in [6.45, 7) is 5.69. The number of benzene rings is 1. The number of carbonyl (C=O) groups excluding carboxylic acids is 1. The molecular weight excluding hydrogens is 310 g/mol. The lowest BCUT2D eigenvalue weighted by molar-refractivity contribution is -0.145. The molecule has 1 N–H and O–H groups in total. The maximum Gasteiger partial charge on any atom is 0.411 e. The molecule has 1 fully saturated rings. The van der Waals surface area contributed by atoms with E-state index in [2.05, 4.69) is 0 Å². The summed E-state index contributed by atoms with van der Waals surface area (Å²) in [5.74, 6) is -0.640. The lowest BCUT2D eigenvalue weighted by atomic mass is 9.83. The molecule has 132 valence electrons. The number of aliphatic carboxylic acids is 1. The highest BCUT2D eigenvalue weighted by Gasteiger charge is 2.41. The normalized spacial score (nSPS) is 21.2. The third-order valence-corrected chi connectivity index (χ3v) is 4.03. The van der Waals surface area contributed by atoms with Crippen molar-refractivity contribution in [3.63, 3.8) is 0 Å².